The summed E-state index contributed by atoms with van der Waals surface area (Å²) in [7, 11) is 0. The van der Waals surface area contributed by atoms with Crippen LogP contribution in [0.5, 0.6) is 0 Å². The molecule has 0 unspecified atom stereocenters. The molecule has 0 aliphatic carbocycles. The number of hydrogen-bond donors (Lipinski definition) is 1. The van der Waals surface area contributed by atoms with Gasteiger partial charge in [0.05, 0.1) is 0 Å². The maximum atomic E-state index is 13.7. The number of nitrogens with one attached hydrogen (secondary N) is 1. The van der Waals surface area contributed by atoms with Crippen molar-refractivity contribution < 1.29 is 9.59 Å². The zero-order valence-corrected chi connectivity index (χ0v) is 24.0. The Balaban J connectivity index is 1.88. The minimum atomic E-state index is -0.698. The van der Waals surface area contributed by atoms with Gasteiger partial charge in [0.15, 0.2) is 0 Å². The third-order valence-corrected chi connectivity index (χ3v) is 7.88. The Morgan fingerprint density at radius 2 is 1.62 bits per heavy atom. The first kappa shape index (κ1) is 29.4. The lowest BCUT2D eigenvalue weighted by Crippen LogP contribution is -2.52. The van der Waals surface area contributed by atoms with Gasteiger partial charge in [0, 0.05) is 51.1 Å². The first-order valence-electron chi connectivity index (χ1n) is 12.2. The summed E-state index contributed by atoms with van der Waals surface area (Å²) in [5, 5.41) is 4.72. The van der Waals surface area contributed by atoms with Gasteiger partial charge in [-0.1, -0.05) is 78.1 Å². The molecule has 8 heteroatoms. The molecule has 3 aromatic rings. The minimum Gasteiger partial charge on any atom is -0.352 e. The Kier molecular flexibility index (Phi) is 11.7. The zero-order valence-electron chi connectivity index (χ0n) is 20.9. The van der Waals surface area contributed by atoms with E-state index in [4.69, 9.17) is 34.8 Å². The average Bonchev–Trinajstić information content (AvgIpc) is 2.88. The van der Waals surface area contributed by atoms with E-state index < -0.39 is 6.04 Å². The number of carbonyl (C=O) groups excluding carboxylic acids is 2. The van der Waals surface area contributed by atoms with Crippen LogP contribution in [-0.2, 0) is 22.6 Å². The van der Waals surface area contributed by atoms with Gasteiger partial charge in [0.1, 0.15) is 6.04 Å². The third kappa shape index (κ3) is 9.26. The Labute approximate surface area is 238 Å². The van der Waals surface area contributed by atoms with Crippen LogP contribution in [0.2, 0.25) is 15.1 Å². The summed E-state index contributed by atoms with van der Waals surface area (Å²) < 4.78 is 0. The molecule has 1 N–H and O–H groups in total. The normalized spacial score (nSPS) is 12.6. The quantitative estimate of drug-likeness (QED) is 0.225. The molecular formula is C29H31Cl3N2O2S. The van der Waals surface area contributed by atoms with Crippen LogP contribution in [0.1, 0.15) is 37.8 Å². The summed E-state index contributed by atoms with van der Waals surface area (Å²) >= 11 is 20.2. The van der Waals surface area contributed by atoms with Crippen molar-refractivity contribution in [2.45, 2.75) is 56.6 Å². The number of halogens is 3. The lowest BCUT2D eigenvalue weighted by Gasteiger charge is -2.32. The number of rotatable bonds is 12. The largest absolute Gasteiger partial charge is 0.352 e. The average molecular weight is 578 g/mol. The Hall–Kier alpha value is -2.18. The van der Waals surface area contributed by atoms with Crippen LogP contribution in [0.25, 0.3) is 0 Å². The summed E-state index contributed by atoms with van der Waals surface area (Å²) in [6.45, 7) is 4.18. The van der Waals surface area contributed by atoms with Crippen molar-refractivity contribution in [3.8, 4) is 0 Å². The second-order valence-electron chi connectivity index (χ2n) is 8.83. The van der Waals surface area contributed by atoms with Crippen molar-refractivity contribution in [3.63, 3.8) is 0 Å². The maximum absolute atomic E-state index is 13.7. The molecule has 0 bridgehead atoms. The van der Waals surface area contributed by atoms with E-state index >= 15 is 0 Å². The van der Waals surface area contributed by atoms with Crippen LogP contribution in [0.15, 0.2) is 77.7 Å². The van der Waals surface area contributed by atoms with Gasteiger partial charge in [-0.15, -0.1) is 11.8 Å². The van der Waals surface area contributed by atoms with Gasteiger partial charge in [-0.05, 0) is 60.9 Å². The molecule has 3 rings (SSSR count). The van der Waals surface area contributed by atoms with Crippen LogP contribution in [0.4, 0.5) is 0 Å². The maximum Gasteiger partial charge on any atom is 0.243 e. The fourth-order valence-corrected chi connectivity index (χ4v) is 5.19. The minimum absolute atomic E-state index is 0.0118. The molecule has 2 amide bonds. The third-order valence-electron chi connectivity index (χ3n) is 6.03. The molecular weight excluding hydrogens is 547 g/mol. The van der Waals surface area contributed by atoms with E-state index in [-0.39, 0.29) is 30.8 Å². The highest BCUT2D eigenvalue weighted by Crippen LogP contribution is 2.26. The highest BCUT2D eigenvalue weighted by Gasteiger charge is 2.31. The van der Waals surface area contributed by atoms with Gasteiger partial charge in [-0.3, -0.25) is 9.59 Å². The van der Waals surface area contributed by atoms with Crippen molar-refractivity contribution in [1.29, 1.82) is 0 Å². The number of thioether (sulfide) groups is 1. The molecule has 3 aromatic carbocycles. The molecule has 4 nitrogen and oxygen atoms in total. The summed E-state index contributed by atoms with van der Waals surface area (Å²) in [6.07, 6.45) is 1.45. The zero-order chi connectivity index (χ0) is 26.8. The van der Waals surface area contributed by atoms with Crippen LogP contribution in [0.3, 0.4) is 0 Å². The van der Waals surface area contributed by atoms with E-state index in [9.17, 15) is 9.59 Å². The highest BCUT2D eigenvalue weighted by atomic mass is 35.5. The van der Waals surface area contributed by atoms with Crippen molar-refractivity contribution in [1.82, 2.24) is 10.2 Å². The molecule has 0 aliphatic rings. The fraction of sp³-hybridized carbons (Fsp3) is 0.310. The predicted octanol–water partition coefficient (Wildman–Crippen LogP) is 7.68. The van der Waals surface area contributed by atoms with Gasteiger partial charge < -0.3 is 10.2 Å². The number of carbonyl (C=O) groups is 2. The smallest absolute Gasteiger partial charge is 0.243 e. The first-order valence-corrected chi connectivity index (χ1v) is 14.3. The number of benzene rings is 3. The number of hydrogen-bond acceptors (Lipinski definition) is 3. The highest BCUT2D eigenvalue weighted by molar-refractivity contribution is 7.99. The van der Waals surface area contributed by atoms with Gasteiger partial charge in [0.25, 0.3) is 0 Å². The van der Waals surface area contributed by atoms with E-state index in [2.05, 4.69) is 5.32 Å². The standard InChI is InChI=1S/C29H31Cl3N2O2S/c1-3-20(2)33-29(36)27(17-21-7-5-4-6-8-21)34(19-22-9-10-24(31)18-26(22)32)28(35)15-16-37-25-13-11-23(30)12-14-25/h4-14,18,20,27H,3,15-17,19H2,1-2H3,(H,33,36)/t20-,27+/m0/s1. The number of amides is 2. The van der Waals surface area contributed by atoms with Gasteiger partial charge in [-0.2, -0.15) is 0 Å². The molecule has 0 spiro atoms. The molecule has 0 aliphatic heterocycles. The number of nitrogens with zero attached hydrogens (tertiary/aromatic N) is 1. The molecule has 0 heterocycles. The van der Waals surface area contributed by atoms with Crippen molar-refractivity contribution in [2.24, 2.45) is 0 Å². The van der Waals surface area contributed by atoms with Crippen molar-refractivity contribution in [2.75, 3.05) is 5.75 Å². The molecule has 0 radical (unpaired) electrons. The van der Waals surface area contributed by atoms with E-state index in [1.807, 2.05) is 68.4 Å². The van der Waals surface area contributed by atoms with E-state index in [0.717, 1.165) is 22.4 Å². The molecule has 0 fully saturated rings. The topological polar surface area (TPSA) is 49.4 Å². The van der Waals surface area contributed by atoms with Crippen LogP contribution in [-0.4, -0.2) is 34.6 Å². The molecule has 196 valence electrons. The molecule has 0 aromatic heterocycles. The molecule has 2 atom stereocenters. The summed E-state index contributed by atoms with van der Waals surface area (Å²) in [5.74, 6) is 0.269. The van der Waals surface area contributed by atoms with Crippen LogP contribution < -0.4 is 5.32 Å². The predicted molar refractivity (Wildman–Crippen MR) is 156 cm³/mol. The van der Waals surface area contributed by atoms with E-state index in [1.54, 1.807) is 34.9 Å². The van der Waals surface area contributed by atoms with Gasteiger partial charge in [-0.25, -0.2) is 0 Å². The van der Waals surface area contributed by atoms with Gasteiger partial charge >= 0.3 is 0 Å². The first-order chi connectivity index (χ1) is 17.8. The second kappa shape index (κ2) is 14.7. The lowest BCUT2D eigenvalue weighted by atomic mass is 10.0. The lowest BCUT2D eigenvalue weighted by molar-refractivity contribution is -0.141. The Bertz CT molecular complexity index is 1180. The Morgan fingerprint density at radius 1 is 0.946 bits per heavy atom. The van der Waals surface area contributed by atoms with Crippen molar-refractivity contribution >= 4 is 58.4 Å². The van der Waals surface area contributed by atoms with Gasteiger partial charge in [0.2, 0.25) is 11.8 Å². The van der Waals surface area contributed by atoms with E-state index in [1.165, 1.54) is 0 Å². The molecule has 0 saturated carbocycles. The van der Waals surface area contributed by atoms with E-state index in [0.29, 0.717) is 27.2 Å². The second-order valence-corrected chi connectivity index (χ2v) is 11.3. The molecule has 37 heavy (non-hydrogen) atoms. The SMILES string of the molecule is CC[C@H](C)NC(=O)[C@@H](Cc1ccccc1)N(Cc1ccc(Cl)cc1Cl)C(=O)CCSc1ccc(Cl)cc1. The monoisotopic (exact) mass is 576 g/mol. The van der Waals surface area contributed by atoms with Crippen LogP contribution >= 0.6 is 46.6 Å². The summed E-state index contributed by atoms with van der Waals surface area (Å²) in [4.78, 5) is 29.9. The van der Waals surface area contributed by atoms with Crippen molar-refractivity contribution in [3.05, 3.63) is 99.0 Å². The molecule has 0 saturated heterocycles. The summed E-state index contributed by atoms with van der Waals surface area (Å²) in [5.41, 5.74) is 1.71. The summed E-state index contributed by atoms with van der Waals surface area (Å²) in [6, 6.07) is 21.8. The Morgan fingerprint density at radius 3 is 2.27 bits per heavy atom. The fourth-order valence-electron chi connectivity index (χ4n) is 3.76. The van der Waals surface area contributed by atoms with Crippen LogP contribution in [0, 0.1) is 0 Å².